The summed E-state index contributed by atoms with van der Waals surface area (Å²) in [6.45, 7) is -1.08. The second kappa shape index (κ2) is 6.12. The molecule has 4 N–H and O–H groups in total. The number of azide groups is 1. The van der Waals surface area contributed by atoms with Gasteiger partial charge < -0.3 is 29.9 Å². The third kappa shape index (κ3) is 3.05. The van der Waals surface area contributed by atoms with E-state index in [1.807, 2.05) is 0 Å². The van der Waals surface area contributed by atoms with Crippen molar-refractivity contribution in [2.45, 2.75) is 24.1 Å². The molecule has 0 spiro atoms. The van der Waals surface area contributed by atoms with Crippen molar-refractivity contribution in [3.8, 4) is 0 Å². The molecule has 1 aliphatic rings. The summed E-state index contributed by atoms with van der Waals surface area (Å²) in [7, 11) is 0. The number of nitrogens with zero attached hydrogens (tertiary/aromatic N) is 3. The molecule has 0 amide bonds. The highest BCUT2D eigenvalue weighted by atomic mass is 16.7. The van der Waals surface area contributed by atoms with E-state index in [4.69, 9.17) is 20.1 Å². The Morgan fingerprint density at radius 1 is 1.47 bits per heavy atom. The minimum absolute atomic E-state index is 0.00697. The molecular formula is C8H15N3O6. The van der Waals surface area contributed by atoms with Gasteiger partial charge in [0.25, 0.3) is 0 Å². The number of hydrogen-bond acceptors (Lipinski definition) is 7. The number of rotatable bonds is 5. The zero-order valence-corrected chi connectivity index (χ0v) is 9.01. The lowest BCUT2D eigenvalue weighted by atomic mass is 9.97. The predicted octanol–water partition coefficient (Wildman–Crippen LogP) is -1.89. The molecule has 0 aromatic carbocycles. The lowest BCUT2D eigenvalue weighted by Crippen LogP contribution is -2.64. The molecule has 0 saturated carbocycles. The van der Waals surface area contributed by atoms with Crippen molar-refractivity contribution < 1.29 is 29.9 Å². The maximum absolute atomic E-state index is 9.69. The van der Waals surface area contributed by atoms with Crippen molar-refractivity contribution in [3.63, 3.8) is 0 Å². The van der Waals surface area contributed by atoms with Crippen molar-refractivity contribution in [1.82, 2.24) is 0 Å². The van der Waals surface area contributed by atoms with Gasteiger partial charge in [-0.3, -0.25) is 0 Å². The largest absolute Gasteiger partial charge is 0.391 e. The number of ether oxygens (including phenoxy) is 2. The fraction of sp³-hybridized carbons (Fsp3) is 1.00. The fourth-order valence-electron chi connectivity index (χ4n) is 1.50. The van der Waals surface area contributed by atoms with Gasteiger partial charge in [-0.15, -0.1) is 0 Å². The van der Waals surface area contributed by atoms with E-state index < -0.39 is 30.7 Å². The minimum Gasteiger partial charge on any atom is -0.391 e. The van der Waals surface area contributed by atoms with Gasteiger partial charge in [0.1, 0.15) is 24.9 Å². The third-order valence-electron chi connectivity index (χ3n) is 2.49. The maximum atomic E-state index is 9.69. The summed E-state index contributed by atoms with van der Waals surface area (Å²) in [6, 6.07) is 0. The summed E-state index contributed by atoms with van der Waals surface area (Å²) in [4.78, 5) is 2.50. The molecule has 98 valence electrons. The summed E-state index contributed by atoms with van der Waals surface area (Å²) >= 11 is 0. The van der Waals surface area contributed by atoms with Crippen LogP contribution in [0.5, 0.6) is 0 Å². The molecule has 0 radical (unpaired) electrons. The zero-order chi connectivity index (χ0) is 12.9. The maximum Gasteiger partial charge on any atom is 0.221 e. The van der Waals surface area contributed by atoms with Gasteiger partial charge in [-0.05, 0) is 5.53 Å². The molecule has 9 nitrogen and oxygen atoms in total. The second-order valence-electron chi connectivity index (χ2n) is 3.59. The van der Waals surface area contributed by atoms with E-state index in [-0.39, 0.29) is 19.8 Å². The van der Waals surface area contributed by atoms with Crippen LogP contribution >= 0.6 is 0 Å². The molecule has 1 fully saturated rings. The Kier molecular flexibility index (Phi) is 5.09. The van der Waals surface area contributed by atoms with E-state index in [0.29, 0.717) is 0 Å². The molecule has 9 heteroatoms. The summed E-state index contributed by atoms with van der Waals surface area (Å²) in [5, 5.41) is 40.8. The summed E-state index contributed by atoms with van der Waals surface area (Å²) in [5.74, 6) is -1.80. The van der Waals surface area contributed by atoms with Crippen LogP contribution in [0.25, 0.3) is 10.4 Å². The SMILES string of the molecule is [N-]=[N+]=NCCO[C@]1(CO)OC[C@@H](O)[C@@H](O)[C@@H]1O. The van der Waals surface area contributed by atoms with Crippen molar-refractivity contribution in [2.75, 3.05) is 26.4 Å². The average molecular weight is 249 g/mol. The molecule has 17 heavy (non-hydrogen) atoms. The first-order chi connectivity index (χ1) is 8.07. The molecule has 0 unspecified atom stereocenters. The Morgan fingerprint density at radius 3 is 2.76 bits per heavy atom. The fourth-order valence-corrected chi connectivity index (χ4v) is 1.50. The van der Waals surface area contributed by atoms with Crippen LogP contribution in [0.1, 0.15) is 0 Å². The predicted molar refractivity (Wildman–Crippen MR) is 53.8 cm³/mol. The van der Waals surface area contributed by atoms with Crippen molar-refractivity contribution in [3.05, 3.63) is 10.4 Å². The molecule has 1 saturated heterocycles. The highest BCUT2D eigenvalue weighted by Gasteiger charge is 2.50. The Morgan fingerprint density at radius 2 is 2.18 bits per heavy atom. The van der Waals surface area contributed by atoms with Crippen LogP contribution in [0, 0.1) is 0 Å². The Balaban J connectivity index is 2.63. The standard InChI is InChI=1S/C8H15N3O6/c9-11-10-1-2-16-8(4-12)7(15)6(14)5(13)3-17-8/h5-7,12-15H,1-4H2/t5-,6-,7+,8-/m1/s1. The molecule has 4 atom stereocenters. The van der Waals surface area contributed by atoms with Gasteiger partial charge >= 0.3 is 0 Å². The lowest BCUT2D eigenvalue weighted by Gasteiger charge is -2.43. The first kappa shape index (κ1) is 14.1. The third-order valence-corrected chi connectivity index (χ3v) is 2.49. The van der Waals surface area contributed by atoms with E-state index >= 15 is 0 Å². The molecule has 0 aromatic heterocycles. The van der Waals surface area contributed by atoms with E-state index in [2.05, 4.69) is 10.0 Å². The molecule has 0 bridgehead atoms. The monoisotopic (exact) mass is 249 g/mol. The normalized spacial score (nSPS) is 37.5. The average Bonchev–Trinajstić information content (AvgIpc) is 2.35. The van der Waals surface area contributed by atoms with Crippen LogP contribution in [-0.2, 0) is 9.47 Å². The lowest BCUT2D eigenvalue weighted by molar-refractivity contribution is -0.347. The van der Waals surface area contributed by atoms with Gasteiger partial charge in [-0.2, -0.15) is 0 Å². The summed E-state index contributed by atoms with van der Waals surface area (Å²) in [5.41, 5.74) is 8.05. The van der Waals surface area contributed by atoms with Crippen LogP contribution in [0.15, 0.2) is 5.11 Å². The number of aliphatic hydroxyl groups excluding tert-OH is 4. The van der Waals surface area contributed by atoms with Crippen LogP contribution < -0.4 is 0 Å². The van der Waals surface area contributed by atoms with Gasteiger partial charge in [0.05, 0.1) is 13.2 Å². The number of hydrogen-bond donors (Lipinski definition) is 4. The van der Waals surface area contributed by atoms with Crippen molar-refractivity contribution in [1.29, 1.82) is 0 Å². The molecule has 1 aliphatic heterocycles. The topological polar surface area (TPSA) is 148 Å². The van der Waals surface area contributed by atoms with Gasteiger partial charge in [0.2, 0.25) is 5.79 Å². The van der Waals surface area contributed by atoms with Crippen LogP contribution in [0.3, 0.4) is 0 Å². The Hall–Kier alpha value is -0.930. The molecular weight excluding hydrogens is 234 g/mol. The van der Waals surface area contributed by atoms with Crippen LogP contribution in [-0.4, -0.2) is 70.9 Å². The van der Waals surface area contributed by atoms with E-state index in [1.54, 1.807) is 0 Å². The minimum atomic E-state index is -1.80. The number of aliphatic hydroxyl groups is 4. The summed E-state index contributed by atoms with van der Waals surface area (Å²) in [6.07, 6.45) is -4.32. The van der Waals surface area contributed by atoms with Crippen LogP contribution in [0.2, 0.25) is 0 Å². The first-order valence-electron chi connectivity index (χ1n) is 5.01. The van der Waals surface area contributed by atoms with Crippen molar-refractivity contribution >= 4 is 0 Å². The molecule has 1 heterocycles. The highest BCUT2D eigenvalue weighted by Crippen LogP contribution is 2.27. The van der Waals surface area contributed by atoms with Gasteiger partial charge in [0.15, 0.2) is 0 Å². The summed E-state index contributed by atoms with van der Waals surface area (Å²) < 4.78 is 10.1. The van der Waals surface area contributed by atoms with Crippen LogP contribution in [0.4, 0.5) is 0 Å². The Labute approximate surface area is 96.8 Å². The Bertz CT molecular complexity index is 297. The van der Waals surface area contributed by atoms with E-state index in [1.165, 1.54) is 0 Å². The van der Waals surface area contributed by atoms with Gasteiger partial charge in [-0.1, -0.05) is 5.11 Å². The van der Waals surface area contributed by atoms with Crippen molar-refractivity contribution in [2.24, 2.45) is 5.11 Å². The van der Waals surface area contributed by atoms with Gasteiger partial charge in [0, 0.05) is 11.5 Å². The smallest absolute Gasteiger partial charge is 0.221 e. The first-order valence-corrected chi connectivity index (χ1v) is 5.01. The molecule has 0 aromatic rings. The second-order valence-corrected chi connectivity index (χ2v) is 3.59. The zero-order valence-electron chi connectivity index (χ0n) is 9.01. The van der Waals surface area contributed by atoms with E-state index in [9.17, 15) is 15.3 Å². The van der Waals surface area contributed by atoms with Gasteiger partial charge in [-0.25, -0.2) is 0 Å². The molecule has 0 aliphatic carbocycles. The molecule has 1 rings (SSSR count). The van der Waals surface area contributed by atoms with E-state index in [0.717, 1.165) is 0 Å². The highest BCUT2D eigenvalue weighted by molar-refractivity contribution is 4.92. The quantitative estimate of drug-likeness (QED) is 0.194.